The molecule has 3 aliphatic carbocycles. The SMILES string of the molecule is CCNC(=NCC(C1CC1)C1CC1)N(C)CCOCC1CC1. The Morgan fingerprint density at radius 1 is 1.18 bits per heavy atom. The fourth-order valence-electron chi connectivity index (χ4n) is 3.24. The van der Waals surface area contributed by atoms with Gasteiger partial charge in [-0.15, -0.1) is 0 Å². The van der Waals surface area contributed by atoms with Crippen LogP contribution in [0.3, 0.4) is 0 Å². The highest BCUT2D eigenvalue weighted by Gasteiger charge is 2.41. The first kappa shape index (κ1) is 16.1. The van der Waals surface area contributed by atoms with E-state index in [9.17, 15) is 0 Å². The average Bonchev–Trinajstić information content (AvgIpc) is 3.39. The molecule has 0 bridgehead atoms. The lowest BCUT2D eigenvalue weighted by Gasteiger charge is -2.23. The van der Waals surface area contributed by atoms with Gasteiger partial charge in [0.15, 0.2) is 5.96 Å². The van der Waals surface area contributed by atoms with E-state index in [0.29, 0.717) is 0 Å². The third kappa shape index (κ3) is 5.15. The number of nitrogens with one attached hydrogen (secondary N) is 1. The summed E-state index contributed by atoms with van der Waals surface area (Å²) in [5, 5.41) is 3.44. The van der Waals surface area contributed by atoms with Crippen molar-refractivity contribution in [2.45, 2.75) is 45.4 Å². The third-order valence-corrected chi connectivity index (χ3v) is 5.22. The first-order chi connectivity index (χ1) is 10.8. The smallest absolute Gasteiger partial charge is 0.193 e. The minimum atomic E-state index is 0.812. The molecule has 0 spiro atoms. The van der Waals surface area contributed by atoms with E-state index in [1.54, 1.807) is 0 Å². The van der Waals surface area contributed by atoms with Crippen LogP contribution < -0.4 is 5.32 Å². The van der Waals surface area contributed by atoms with Gasteiger partial charge in [-0.05, 0) is 69.1 Å². The lowest BCUT2D eigenvalue weighted by atomic mass is 9.98. The molecule has 3 saturated carbocycles. The van der Waals surface area contributed by atoms with Crippen molar-refractivity contribution in [2.75, 3.05) is 39.9 Å². The van der Waals surface area contributed by atoms with Gasteiger partial charge in [0.1, 0.15) is 0 Å². The molecule has 0 unspecified atom stereocenters. The molecule has 3 aliphatic rings. The van der Waals surface area contributed by atoms with Crippen LogP contribution in [-0.2, 0) is 4.74 Å². The highest BCUT2D eigenvalue weighted by atomic mass is 16.5. The molecule has 0 aliphatic heterocycles. The minimum Gasteiger partial charge on any atom is -0.379 e. The van der Waals surface area contributed by atoms with Crippen LogP contribution in [0.25, 0.3) is 0 Å². The van der Waals surface area contributed by atoms with Gasteiger partial charge < -0.3 is 15.0 Å². The molecular weight excluding hydrogens is 274 g/mol. The molecule has 22 heavy (non-hydrogen) atoms. The van der Waals surface area contributed by atoms with Crippen molar-refractivity contribution in [2.24, 2.45) is 28.7 Å². The zero-order valence-electron chi connectivity index (χ0n) is 14.4. The van der Waals surface area contributed by atoms with E-state index in [4.69, 9.17) is 9.73 Å². The second-order valence-electron chi connectivity index (χ2n) is 7.47. The van der Waals surface area contributed by atoms with Crippen LogP contribution in [-0.4, -0.2) is 50.8 Å². The summed E-state index contributed by atoms with van der Waals surface area (Å²) in [6, 6.07) is 0. The monoisotopic (exact) mass is 307 g/mol. The van der Waals surface area contributed by atoms with Crippen LogP contribution in [0.1, 0.15) is 45.4 Å². The van der Waals surface area contributed by atoms with Crippen molar-refractivity contribution in [1.29, 1.82) is 0 Å². The van der Waals surface area contributed by atoms with E-state index in [0.717, 1.165) is 62.5 Å². The van der Waals surface area contributed by atoms with Gasteiger partial charge in [0.2, 0.25) is 0 Å². The average molecular weight is 307 g/mol. The second-order valence-corrected chi connectivity index (χ2v) is 7.47. The van der Waals surface area contributed by atoms with Gasteiger partial charge in [0.05, 0.1) is 6.61 Å². The maximum atomic E-state index is 5.75. The molecule has 0 atom stereocenters. The molecule has 4 nitrogen and oxygen atoms in total. The third-order valence-electron chi connectivity index (χ3n) is 5.22. The lowest BCUT2D eigenvalue weighted by molar-refractivity contribution is 0.115. The molecule has 126 valence electrons. The van der Waals surface area contributed by atoms with Crippen LogP contribution >= 0.6 is 0 Å². The second kappa shape index (κ2) is 7.67. The highest BCUT2D eigenvalue weighted by Crippen LogP contribution is 2.49. The van der Waals surface area contributed by atoms with Crippen molar-refractivity contribution in [1.82, 2.24) is 10.2 Å². The predicted molar refractivity (Wildman–Crippen MR) is 91.1 cm³/mol. The molecule has 1 N–H and O–H groups in total. The Morgan fingerprint density at radius 3 is 2.41 bits per heavy atom. The molecule has 3 rings (SSSR count). The van der Waals surface area contributed by atoms with Crippen LogP contribution in [0.4, 0.5) is 0 Å². The predicted octanol–water partition coefficient (Wildman–Crippen LogP) is 2.75. The van der Waals surface area contributed by atoms with Crippen molar-refractivity contribution < 1.29 is 4.74 Å². The van der Waals surface area contributed by atoms with E-state index >= 15 is 0 Å². The van der Waals surface area contributed by atoms with Crippen LogP contribution in [0.5, 0.6) is 0 Å². The molecule has 3 fully saturated rings. The summed E-state index contributed by atoms with van der Waals surface area (Å²) in [4.78, 5) is 7.17. The quantitative estimate of drug-likeness (QED) is 0.383. The van der Waals surface area contributed by atoms with Crippen molar-refractivity contribution >= 4 is 5.96 Å². The van der Waals surface area contributed by atoms with Gasteiger partial charge >= 0.3 is 0 Å². The fourth-order valence-corrected chi connectivity index (χ4v) is 3.24. The molecule has 0 amide bonds. The lowest BCUT2D eigenvalue weighted by Crippen LogP contribution is -2.41. The Kier molecular flexibility index (Phi) is 5.61. The fraction of sp³-hybridized carbons (Fsp3) is 0.944. The van der Waals surface area contributed by atoms with Gasteiger partial charge in [0.25, 0.3) is 0 Å². The molecule has 4 heteroatoms. The highest BCUT2D eigenvalue weighted by molar-refractivity contribution is 5.79. The maximum Gasteiger partial charge on any atom is 0.193 e. The summed E-state index contributed by atoms with van der Waals surface area (Å²) in [5.74, 6) is 4.72. The number of nitrogens with zero attached hydrogens (tertiary/aromatic N) is 2. The van der Waals surface area contributed by atoms with Gasteiger partial charge in [0, 0.05) is 33.3 Å². The number of hydrogen-bond donors (Lipinski definition) is 1. The van der Waals surface area contributed by atoms with Crippen LogP contribution in [0.15, 0.2) is 4.99 Å². The Balaban J connectivity index is 1.42. The minimum absolute atomic E-state index is 0.812. The normalized spacial score (nSPS) is 22.2. The Labute approximate surface area is 135 Å². The Hall–Kier alpha value is -0.770. The number of hydrogen-bond acceptors (Lipinski definition) is 2. The van der Waals surface area contributed by atoms with Gasteiger partial charge in [-0.1, -0.05) is 0 Å². The number of ether oxygens (including phenoxy) is 1. The number of rotatable bonds is 10. The summed E-state index contributed by atoms with van der Waals surface area (Å²) < 4.78 is 5.75. The van der Waals surface area contributed by atoms with Crippen LogP contribution in [0, 0.1) is 23.7 Å². The number of likely N-dealkylation sites (N-methyl/N-ethyl adjacent to an activating group) is 1. The topological polar surface area (TPSA) is 36.9 Å². The zero-order valence-corrected chi connectivity index (χ0v) is 14.4. The molecule has 0 heterocycles. The molecule has 0 aromatic rings. The molecule has 0 aromatic carbocycles. The number of guanidine groups is 1. The van der Waals surface area contributed by atoms with Crippen molar-refractivity contribution in [3.8, 4) is 0 Å². The van der Waals surface area contributed by atoms with E-state index in [1.807, 2.05) is 0 Å². The largest absolute Gasteiger partial charge is 0.379 e. The van der Waals surface area contributed by atoms with Gasteiger partial charge in [-0.3, -0.25) is 4.99 Å². The van der Waals surface area contributed by atoms with Crippen molar-refractivity contribution in [3.05, 3.63) is 0 Å². The summed E-state index contributed by atoms with van der Waals surface area (Å²) in [6.45, 7) is 6.79. The molecule has 0 aromatic heterocycles. The first-order valence-corrected chi connectivity index (χ1v) is 9.35. The first-order valence-electron chi connectivity index (χ1n) is 9.35. The Morgan fingerprint density at radius 2 is 1.86 bits per heavy atom. The summed E-state index contributed by atoms with van der Waals surface area (Å²) >= 11 is 0. The van der Waals surface area contributed by atoms with E-state index in [1.165, 1.54) is 38.5 Å². The van der Waals surface area contributed by atoms with Gasteiger partial charge in [-0.2, -0.15) is 0 Å². The molecule has 0 radical (unpaired) electrons. The summed E-state index contributed by atoms with van der Waals surface area (Å²) in [5.41, 5.74) is 0. The molecule has 0 saturated heterocycles. The van der Waals surface area contributed by atoms with E-state index in [-0.39, 0.29) is 0 Å². The maximum absolute atomic E-state index is 5.75. The molecular formula is C18H33N3O. The zero-order chi connectivity index (χ0) is 15.4. The standard InChI is InChI=1S/C18H33N3O/c1-3-19-18(21(2)10-11-22-13-14-4-5-14)20-12-17(15-6-7-15)16-8-9-16/h14-17H,3-13H2,1-2H3,(H,19,20). The van der Waals surface area contributed by atoms with Crippen molar-refractivity contribution in [3.63, 3.8) is 0 Å². The summed E-state index contributed by atoms with van der Waals surface area (Å²) in [6.07, 6.45) is 8.50. The Bertz CT molecular complexity index is 361. The van der Waals surface area contributed by atoms with E-state index < -0.39 is 0 Å². The van der Waals surface area contributed by atoms with Gasteiger partial charge in [-0.25, -0.2) is 0 Å². The van der Waals surface area contributed by atoms with E-state index in [2.05, 4.69) is 24.2 Å². The number of aliphatic imine (C=N–C) groups is 1. The summed E-state index contributed by atoms with van der Waals surface area (Å²) in [7, 11) is 2.13. The van der Waals surface area contributed by atoms with Crippen LogP contribution in [0.2, 0.25) is 0 Å².